The molecular weight excluding hydrogens is 593 g/mol. The van der Waals surface area contributed by atoms with Gasteiger partial charge in [0, 0.05) is 29.1 Å². The lowest BCUT2D eigenvalue weighted by atomic mass is 9.94. The molecule has 0 radical (unpaired) electrons. The Morgan fingerprint density at radius 2 is 1.62 bits per heavy atom. The number of para-hydroxylation sites is 1. The highest BCUT2D eigenvalue weighted by Crippen LogP contribution is 2.27. The summed E-state index contributed by atoms with van der Waals surface area (Å²) in [5.74, 6) is -0.791. The van der Waals surface area contributed by atoms with E-state index in [9.17, 15) is 18.0 Å². The van der Waals surface area contributed by atoms with E-state index in [1.807, 2.05) is 30.3 Å². The van der Waals surface area contributed by atoms with Crippen LogP contribution >= 0.6 is 23.2 Å². The van der Waals surface area contributed by atoms with Crippen LogP contribution in [0.1, 0.15) is 48.8 Å². The summed E-state index contributed by atoms with van der Waals surface area (Å²) in [5, 5.41) is 3.99. The molecule has 1 saturated carbocycles. The first-order chi connectivity index (χ1) is 20.0. The predicted octanol–water partition coefficient (Wildman–Crippen LogP) is 6.16. The fourth-order valence-electron chi connectivity index (χ4n) is 5.37. The van der Waals surface area contributed by atoms with E-state index in [4.69, 9.17) is 23.2 Å². The SMILES string of the molecule is Cc1ccccc1N(CC(=O)N(Cc1ccc(Cl)cc1Cl)[C@@H](Cc1ccccc1)C(=O)NC1CCCCC1)S(C)(=O)=O. The fourth-order valence-corrected chi connectivity index (χ4v) is 6.75. The van der Waals surface area contributed by atoms with Crippen LogP contribution < -0.4 is 9.62 Å². The second-order valence-corrected chi connectivity index (χ2v) is 13.6. The van der Waals surface area contributed by atoms with E-state index in [2.05, 4.69) is 5.32 Å². The summed E-state index contributed by atoms with van der Waals surface area (Å²) in [6.45, 7) is 1.31. The number of nitrogens with one attached hydrogen (secondary N) is 1. The van der Waals surface area contributed by atoms with Gasteiger partial charge in [0.2, 0.25) is 21.8 Å². The maximum absolute atomic E-state index is 14.3. The number of rotatable bonds is 11. The summed E-state index contributed by atoms with van der Waals surface area (Å²) >= 11 is 12.7. The van der Waals surface area contributed by atoms with E-state index in [-0.39, 0.29) is 24.9 Å². The van der Waals surface area contributed by atoms with E-state index < -0.39 is 28.5 Å². The first-order valence-electron chi connectivity index (χ1n) is 14.1. The first kappa shape index (κ1) is 31.9. The Balaban J connectivity index is 1.75. The van der Waals surface area contributed by atoms with E-state index in [1.54, 1.807) is 49.4 Å². The van der Waals surface area contributed by atoms with Crippen LogP contribution in [0.25, 0.3) is 0 Å². The molecule has 0 bridgehead atoms. The molecule has 224 valence electrons. The lowest BCUT2D eigenvalue weighted by Crippen LogP contribution is -2.55. The van der Waals surface area contributed by atoms with Crippen molar-refractivity contribution in [3.05, 3.63) is 99.5 Å². The van der Waals surface area contributed by atoms with E-state index in [0.29, 0.717) is 26.9 Å². The van der Waals surface area contributed by atoms with Gasteiger partial charge in [-0.25, -0.2) is 8.42 Å². The molecule has 0 aromatic heterocycles. The number of benzene rings is 3. The summed E-state index contributed by atoms with van der Waals surface area (Å²) in [5.41, 5.74) is 2.59. The van der Waals surface area contributed by atoms with Gasteiger partial charge in [-0.2, -0.15) is 0 Å². The number of hydrogen-bond donors (Lipinski definition) is 1. The van der Waals surface area contributed by atoms with Gasteiger partial charge in [0.05, 0.1) is 11.9 Å². The zero-order valence-electron chi connectivity index (χ0n) is 23.9. The zero-order valence-corrected chi connectivity index (χ0v) is 26.3. The van der Waals surface area contributed by atoms with Crippen molar-refractivity contribution in [3.63, 3.8) is 0 Å². The number of sulfonamides is 1. The van der Waals surface area contributed by atoms with E-state index >= 15 is 0 Å². The molecule has 0 spiro atoms. The van der Waals surface area contributed by atoms with Gasteiger partial charge in [-0.05, 0) is 54.7 Å². The molecule has 0 saturated heterocycles. The molecule has 10 heteroatoms. The van der Waals surface area contributed by atoms with Crippen LogP contribution in [0.4, 0.5) is 5.69 Å². The van der Waals surface area contributed by atoms with Crippen molar-refractivity contribution in [3.8, 4) is 0 Å². The van der Waals surface area contributed by atoms with Crippen LogP contribution in [-0.2, 0) is 32.6 Å². The molecule has 1 fully saturated rings. The van der Waals surface area contributed by atoms with Crippen LogP contribution in [-0.4, -0.2) is 50.0 Å². The van der Waals surface area contributed by atoms with Gasteiger partial charge in [-0.15, -0.1) is 0 Å². The molecule has 0 aliphatic heterocycles. The molecule has 3 aromatic rings. The van der Waals surface area contributed by atoms with Crippen LogP contribution in [0.5, 0.6) is 0 Å². The number of hydrogen-bond acceptors (Lipinski definition) is 4. The molecule has 2 amide bonds. The summed E-state index contributed by atoms with van der Waals surface area (Å²) in [4.78, 5) is 29.7. The Morgan fingerprint density at radius 1 is 0.952 bits per heavy atom. The minimum Gasteiger partial charge on any atom is -0.352 e. The number of amides is 2. The Kier molecular flexibility index (Phi) is 10.9. The predicted molar refractivity (Wildman–Crippen MR) is 169 cm³/mol. The first-order valence-corrected chi connectivity index (χ1v) is 16.7. The number of anilines is 1. The van der Waals surface area contributed by atoms with Crippen molar-refractivity contribution < 1.29 is 18.0 Å². The molecule has 1 aliphatic rings. The van der Waals surface area contributed by atoms with Crippen molar-refractivity contribution in [2.24, 2.45) is 0 Å². The lowest BCUT2D eigenvalue weighted by molar-refractivity contribution is -0.140. The normalized spacial score (nSPS) is 14.7. The third-order valence-electron chi connectivity index (χ3n) is 7.64. The summed E-state index contributed by atoms with van der Waals surface area (Å²) in [6.07, 6.45) is 6.31. The summed E-state index contributed by atoms with van der Waals surface area (Å²) < 4.78 is 27.1. The highest BCUT2D eigenvalue weighted by Gasteiger charge is 2.34. The second kappa shape index (κ2) is 14.4. The van der Waals surface area contributed by atoms with Crippen molar-refractivity contribution in [1.29, 1.82) is 0 Å². The summed E-state index contributed by atoms with van der Waals surface area (Å²) in [6, 6.07) is 20.6. The van der Waals surface area contributed by atoms with Crippen LogP contribution in [0.15, 0.2) is 72.8 Å². The quantitative estimate of drug-likeness (QED) is 0.275. The second-order valence-electron chi connectivity index (χ2n) is 10.9. The minimum absolute atomic E-state index is 0.00417. The van der Waals surface area contributed by atoms with Crippen molar-refractivity contribution >= 4 is 50.7 Å². The summed E-state index contributed by atoms with van der Waals surface area (Å²) in [7, 11) is -3.84. The maximum Gasteiger partial charge on any atom is 0.244 e. The lowest BCUT2D eigenvalue weighted by Gasteiger charge is -2.35. The van der Waals surface area contributed by atoms with Crippen molar-refractivity contribution in [2.75, 3.05) is 17.1 Å². The van der Waals surface area contributed by atoms with Gasteiger partial charge in [-0.1, -0.05) is 97.1 Å². The topological polar surface area (TPSA) is 86.8 Å². The molecular formula is C32H37Cl2N3O4S. The van der Waals surface area contributed by atoms with Crippen molar-refractivity contribution in [1.82, 2.24) is 10.2 Å². The Morgan fingerprint density at radius 3 is 2.26 bits per heavy atom. The third-order valence-corrected chi connectivity index (χ3v) is 9.36. The number of halogens is 2. The van der Waals surface area contributed by atoms with Gasteiger partial charge in [0.15, 0.2) is 0 Å². The Hall–Kier alpha value is -3.07. The Labute approximate surface area is 258 Å². The number of nitrogens with zero attached hydrogens (tertiary/aromatic N) is 2. The average molecular weight is 631 g/mol. The third kappa shape index (κ3) is 8.49. The molecule has 4 rings (SSSR count). The van der Waals surface area contributed by atoms with Gasteiger partial charge in [0.1, 0.15) is 12.6 Å². The highest BCUT2D eigenvalue weighted by atomic mass is 35.5. The molecule has 1 N–H and O–H groups in total. The number of aryl methyl sites for hydroxylation is 1. The smallest absolute Gasteiger partial charge is 0.244 e. The standard InChI is InChI=1S/C32H37Cl2N3O4S/c1-23-11-9-10-16-29(23)37(42(2,40)41)22-31(38)36(21-25-17-18-26(33)20-28(25)34)30(19-24-12-5-3-6-13-24)32(39)35-27-14-7-4-8-15-27/h3,5-6,9-13,16-18,20,27,30H,4,7-8,14-15,19,21-22H2,1-2H3,(H,35,39)/t30-/m0/s1. The molecule has 3 aromatic carbocycles. The fraction of sp³-hybridized carbons (Fsp3) is 0.375. The van der Waals surface area contributed by atoms with E-state index in [0.717, 1.165) is 48.2 Å². The van der Waals surface area contributed by atoms with Crippen LogP contribution in [0.3, 0.4) is 0 Å². The zero-order chi connectivity index (χ0) is 30.3. The maximum atomic E-state index is 14.3. The molecule has 0 heterocycles. The molecule has 7 nitrogen and oxygen atoms in total. The minimum atomic E-state index is -3.84. The van der Waals surface area contributed by atoms with Gasteiger partial charge in [-0.3, -0.25) is 13.9 Å². The molecule has 1 atom stereocenters. The molecule has 1 aliphatic carbocycles. The van der Waals surface area contributed by atoms with Gasteiger partial charge < -0.3 is 10.2 Å². The van der Waals surface area contributed by atoms with Gasteiger partial charge >= 0.3 is 0 Å². The van der Waals surface area contributed by atoms with Crippen LogP contribution in [0, 0.1) is 6.92 Å². The highest BCUT2D eigenvalue weighted by molar-refractivity contribution is 7.92. The molecule has 42 heavy (non-hydrogen) atoms. The van der Waals surface area contributed by atoms with Crippen LogP contribution in [0.2, 0.25) is 10.0 Å². The van der Waals surface area contributed by atoms with E-state index in [1.165, 1.54) is 4.90 Å². The molecule has 0 unspecified atom stereocenters. The number of carbonyl (C=O) groups is 2. The number of carbonyl (C=O) groups excluding carboxylic acids is 2. The van der Waals surface area contributed by atoms with Gasteiger partial charge in [0.25, 0.3) is 0 Å². The largest absolute Gasteiger partial charge is 0.352 e. The monoisotopic (exact) mass is 629 g/mol. The van der Waals surface area contributed by atoms with Crippen molar-refractivity contribution in [2.45, 2.75) is 64.1 Å². The Bertz CT molecular complexity index is 1490. The average Bonchev–Trinajstić information content (AvgIpc) is 2.95.